The number of anilines is 1. The fourth-order valence-corrected chi connectivity index (χ4v) is 5.50. The molecule has 0 unspecified atom stereocenters. The summed E-state index contributed by atoms with van der Waals surface area (Å²) < 4.78 is 32.2. The van der Waals surface area contributed by atoms with Crippen LogP contribution >= 0.6 is 11.6 Å². The number of sulfonamides is 1. The molecule has 0 spiro atoms. The summed E-state index contributed by atoms with van der Waals surface area (Å²) in [6, 6.07) is 6.80. The lowest BCUT2D eigenvalue weighted by molar-refractivity contribution is -0.384. The summed E-state index contributed by atoms with van der Waals surface area (Å²) in [6.07, 6.45) is 0.208. The van der Waals surface area contributed by atoms with Gasteiger partial charge in [0.05, 0.1) is 44.9 Å². The summed E-state index contributed by atoms with van der Waals surface area (Å²) in [6.45, 7) is 1.08. The van der Waals surface area contributed by atoms with Crippen molar-refractivity contribution in [3.8, 4) is 0 Å². The number of carbonyl (C=O) groups is 3. The van der Waals surface area contributed by atoms with Gasteiger partial charge in [0, 0.05) is 38.3 Å². The fourth-order valence-electron chi connectivity index (χ4n) is 3.90. The number of fused-ring (bicyclic) bond motifs is 1. The molecule has 0 aromatic heterocycles. The van der Waals surface area contributed by atoms with Crippen LogP contribution in [-0.2, 0) is 14.8 Å². The molecule has 37 heavy (non-hydrogen) atoms. The van der Waals surface area contributed by atoms with Crippen LogP contribution in [0, 0.1) is 10.1 Å². The van der Waals surface area contributed by atoms with E-state index in [-0.39, 0.29) is 65.0 Å². The monoisotopic (exact) mass is 551 g/mol. The first-order chi connectivity index (χ1) is 17.6. The molecule has 4 amide bonds. The van der Waals surface area contributed by atoms with Gasteiger partial charge in [0.15, 0.2) is 0 Å². The van der Waals surface area contributed by atoms with Gasteiger partial charge >= 0.3 is 6.03 Å². The first-order valence-corrected chi connectivity index (χ1v) is 13.0. The van der Waals surface area contributed by atoms with Gasteiger partial charge in [-0.2, -0.15) is 4.31 Å². The number of carbonyl (C=O) groups excluding carboxylic acids is 3. The van der Waals surface area contributed by atoms with Crippen molar-refractivity contribution in [1.29, 1.82) is 0 Å². The third kappa shape index (κ3) is 5.56. The van der Waals surface area contributed by atoms with Gasteiger partial charge in [-0.1, -0.05) is 11.6 Å². The number of nitrogens with one attached hydrogen (secondary N) is 2. The number of hydrogen-bond acceptors (Lipinski definition) is 8. The lowest BCUT2D eigenvalue weighted by Crippen LogP contribution is -2.40. The number of nitro groups is 1. The molecule has 0 saturated carbocycles. The number of nitro benzene ring substituents is 1. The number of morpholine rings is 1. The Kier molecular flexibility index (Phi) is 7.73. The van der Waals surface area contributed by atoms with Crippen LogP contribution in [0.2, 0.25) is 5.02 Å². The van der Waals surface area contributed by atoms with Crippen molar-refractivity contribution in [1.82, 2.24) is 14.5 Å². The standard InChI is InChI=1S/C22H22ClN5O8S/c23-18-5-3-15(37(34,35)26-8-10-36-11-9-26)13-19(18)25-22(31)24-6-1-7-27-20(29)16-4-2-14(28(32)33)12-17(16)21(27)30/h2-5,12-13H,1,6-11H2,(H2,24,25,31). The van der Waals surface area contributed by atoms with Crippen molar-refractivity contribution in [2.45, 2.75) is 11.3 Å². The van der Waals surface area contributed by atoms with Crippen LogP contribution in [0.3, 0.4) is 0 Å². The van der Waals surface area contributed by atoms with E-state index in [1.165, 1.54) is 28.6 Å². The molecule has 13 nitrogen and oxygen atoms in total. The van der Waals surface area contributed by atoms with Gasteiger partial charge in [0.1, 0.15) is 0 Å². The molecule has 0 bridgehead atoms. The zero-order chi connectivity index (χ0) is 26.7. The minimum atomic E-state index is -3.79. The smallest absolute Gasteiger partial charge is 0.319 e. The van der Waals surface area contributed by atoms with Gasteiger partial charge in [-0.05, 0) is 30.7 Å². The Morgan fingerprint density at radius 1 is 1.08 bits per heavy atom. The molecule has 15 heteroatoms. The molecule has 2 aliphatic heterocycles. The van der Waals surface area contributed by atoms with E-state index in [4.69, 9.17) is 16.3 Å². The van der Waals surface area contributed by atoms with Crippen molar-refractivity contribution in [3.63, 3.8) is 0 Å². The Morgan fingerprint density at radius 2 is 1.78 bits per heavy atom. The minimum Gasteiger partial charge on any atom is -0.379 e. The predicted molar refractivity (Wildman–Crippen MR) is 131 cm³/mol. The maximum atomic E-state index is 12.9. The maximum Gasteiger partial charge on any atom is 0.319 e. The highest BCUT2D eigenvalue weighted by atomic mass is 35.5. The number of ether oxygens (including phenoxy) is 1. The third-order valence-corrected chi connectivity index (χ3v) is 8.03. The number of nitrogens with zero attached hydrogens (tertiary/aromatic N) is 3. The Balaban J connectivity index is 1.31. The molecule has 1 fully saturated rings. The Labute approximate surface area is 216 Å². The van der Waals surface area contributed by atoms with E-state index in [0.717, 1.165) is 17.0 Å². The number of benzene rings is 2. The third-order valence-electron chi connectivity index (χ3n) is 5.80. The molecular formula is C22H22ClN5O8S. The lowest BCUT2D eigenvalue weighted by Gasteiger charge is -2.26. The van der Waals surface area contributed by atoms with Crippen LogP contribution in [-0.4, -0.2) is 79.8 Å². The summed E-state index contributed by atoms with van der Waals surface area (Å²) in [5, 5.41) is 16.1. The Morgan fingerprint density at radius 3 is 2.49 bits per heavy atom. The molecule has 1 saturated heterocycles. The number of rotatable bonds is 8. The van der Waals surface area contributed by atoms with Gasteiger partial charge in [-0.15, -0.1) is 0 Å². The average Bonchev–Trinajstić information content (AvgIpc) is 3.12. The normalized spacial score (nSPS) is 16.0. The van der Waals surface area contributed by atoms with Crippen LogP contribution < -0.4 is 10.6 Å². The predicted octanol–water partition coefficient (Wildman–Crippen LogP) is 2.08. The fraction of sp³-hybridized carbons (Fsp3) is 0.318. The van der Waals surface area contributed by atoms with E-state index in [1.807, 2.05) is 0 Å². The van der Waals surface area contributed by atoms with Crippen molar-refractivity contribution in [3.05, 3.63) is 62.7 Å². The summed E-state index contributed by atoms with van der Waals surface area (Å²) >= 11 is 6.14. The molecule has 0 radical (unpaired) electrons. The second-order valence-corrected chi connectivity index (χ2v) is 10.5. The van der Waals surface area contributed by atoms with Gasteiger partial charge in [-0.3, -0.25) is 24.6 Å². The summed E-state index contributed by atoms with van der Waals surface area (Å²) in [7, 11) is -3.79. The Hall–Kier alpha value is -3.59. The van der Waals surface area contributed by atoms with Crippen molar-refractivity contribution >= 4 is 50.8 Å². The Bertz CT molecular complexity index is 1380. The van der Waals surface area contributed by atoms with E-state index < -0.39 is 32.8 Å². The molecule has 2 aromatic carbocycles. The highest BCUT2D eigenvalue weighted by Crippen LogP contribution is 2.28. The number of hydrogen-bond donors (Lipinski definition) is 2. The first-order valence-electron chi connectivity index (χ1n) is 11.2. The first kappa shape index (κ1) is 26.5. The van der Waals surface area contributed by atoms with Crippen molar-refractivity contribution in [2.24, 2.45) is 0 Å². The van der Waals surface area contributed by atoms with Crippen LogP contribution in [0.4, 0.5) is 16.2 Å². The molecule has 2 heterocycles. The van der Waals surface area contributed by atoms with Gasteiger partial charge in [0.2, 0.25) is 10.0 Å². The topological polar surface area (TPSA) is 168 Å². The summed E-state index contributed by atoms with van der Waals surface area (Å²) in [5.74, 6) is -1.21. The van der Waals surface area contributed by atoms with E-state index in [0.29, 0.717) is 13.2 Å². The lowest BCUT2D eigenvalue weighted by atomic mass is 10.1. The molecule has 0 aliphatic carbocycles. The van der Waals surface area contributed by atoms with Crippen LogP contribution in [0.5, 0.6) is 0 Å². The van der Waals surface area contributed by atoms with Crippen molar-refractivity contribution < 1.29 is 32.5 Å². The number of amides is 4. The molecule has 0 atom stereocenters. The minimum absolute atomic E-state index is 0.0194. The second-order valence-electron chi connectivity index (χ2n) is 8.14. The molecule has 2 aliphatic rings. The van der Waals surface area contributed by atoms with E-state index >= 15 is 0 Å². The SMILES string of the molecule is O=C(NCCCN1C(=O)c2ccc([N+](=O)[O-])cc2C1=O)Nc1cc(S(=O)(=O)N2CCOCC2)ccc1Cl. The summed E-state index contributed by atoms with van der Waals surface area (Å²) in [5.41, 5.74) is -0.148. The van der Waals surface area contributed by atoms with E-state index in [2.05, 4.69) is 10.6 Å². The van der Waals surface area contributed by atoms with Gasteiger partial charge in [-0.25, -0.2) is 13.2 Å². The van der Waals surface area contributed by atoms with Gasteiger partial charge in [0.25, 0.3) is 17.5 Å². The molecule has 196 valence electrons. The van der Waals surface area contributed by atoms with E-state index in [9.17, 15) is 32.9 Å². The number of non-ortho nitro benzene ring substituents is 1. The average molecular weight is 552 g/mol. The second kappa shape index (κ2) is 10.8. The molecular weight excluding hydrogens is 530 g/mol. The number of urea groups is 1. The van der Waals surface area contributed by atoms with Crippen LogP contribution in [0.15, 0.2) is 41.3 Å². The van der Waals surface area contributed by atoms with Crippen LogP contribution in [0.1, 0.15) is 27.1 Å². The number of halogens is 1. The van der Waals surface area contributed by atoms with Crippen molar-refractivity contribution in [2.75, 3.05) is 44.7 Å². The molecule has 4 rings (SSSR count). The highest BCUT2D eigenvalue weighted by Gasteiger charge is 2.36. The van der Waals surface area contributed by atoms with Gasteiger partial charge < -0.3 is 15.4 Å². The number of imide groups is 1. The highest BCUT2D eigenvalue weighted by molar-refractivity contribution is 7.89. The molecule has 2 aromatic rings. The summed E-state index contributed by atoms with van der Waals surface area (Å²) in [4.78, 5) is 48.6. The zero-order valence-corrected chi connectivity index (χ0v) is 20.9. The maximum absolute atomic E-state index is 12.9. The molecule has 2 N–H and O–H groups in total. The zero-order valence-electron chi connectivity index (χ0n) is 19.3. The van der Waals surface area contributed by atoms with E-state index in [1.54, 1.807) is 0 Å². The van der Waals surface area contributed by atoms with Crippen LogP contribution in [0.25, 0.3) is 0 Å². The largest absolute Gasteiger partial charge is 0.379 e. The quantitative estimate of drug-likeness (QED) is 0.217.